The van der Waals surface area contributed by atoms with Gasteiger partial charge in [-0.15, -0.1) is 0 Å². The largest absolute Gasteiger partial charge is 0.480 e. The van der Waals surface area contributed by atoms with Gasteiger partial charge in [-0.2, -0.15) is 11.8 Å². The Balaban J connectivity index is 1.80. The number of carboxylic acid groups (broad SMARTS) is 1. The molecule has 0 aliphatic carbocycles. The van der Waals surface area contributed by atoms with E-state index in [4.69, 9.17) is 11.5 Å². The standard InChI is InChI=1S/C26H37N5O4S/c1-36-13-11-23(26(34)35)29-24(32)17-30(15-19-8-4-7-18-6-2-3-10-21(18)19)16-20-9-5-12-31(20)25(33)22(28)14-27/h2-4,6-8,10,20,22-23H,5,9,11-17,27-28H2,1H3,(H,29,32)(H,34,35)/t20-,22-,23-/m0/s1. The Morgan fingerprint density at radius 2 is 1.97 bits per heavy atom. The normalized spacial score (nSPS) is 17.3. The molecule has 0 radical (unpaired) electrons. The number of benzene rings is 2. The van der Waals surface area contributed by atoms with Crippen molar-refractivity contribution in [1.29, 1.82) is 0 Å². The average Bonchev–Trinajstić information content (AvgIpc) is 3.33. The van der Waals surface area contributed by atoms with Crippen LogP contribution in [0.1, 0.15) is 24.8 Å². The van der Waals surface area contributed by atoms with Crippen molar-refractivity contribution in [2.45, 2.75) is 43.9 Å². The molecule has 1 aliphatic rings. The summed E-state index contributed by atoms with van der Waals surface area (Å²) >= 11 is 1.54. The maximum Gasteiger partial charge on any atom is 0.326 e. The second-order valence-electron chi connectivity index (χ2n) is 9.22. The number of likely N-dealkylation sites (tertiary alicyclic amines) is 1. The van der Waals surface area contributed by atoms with Crippen molar-refractivity contribution in [2.75, 3.05) is 38.2 Å². The minimum atomic E-state index is -1.04. The molecule has 36 heavy (non-hydrogen) atoms. The molecule has 196 valence electrons. The monoisotopic (exact) mass is 515 g/mol. The molecule has 1 heterocycles. The number of nitrogens with zero attached hydrogens (tertiary/aromatic N) is 2. The van der Waals surface area contributed by atoms with E-state index >= 15 is 0 Å². The van der Waals surface area contributed by atoms with Crippen LogP contribution in [0.4, 0.5) is 0 Å². The van der Waals surface area contributed by atoms with Crippen LogP contribution < -0.4 is 16.8 Å². The van der Waals surface area contributed by atoms with Crippen molar-refractivity contribution in [3.05, 3.63) is 48.0 Å². The van der Waals surface area contributed by atoms with E-state index in [0.29, 0.717) is 31.8 Å². The van der Waals surface area contributed by atoms with E-state index in [1.54, 1.807) is 4.90 Å². The first-order valence-corrected chi connectivity index (χ1v) is 13.7. The van der Waals surface area contributed by atoms with Crippen LogP contribution in [0.5, 0.6) is 0 Å². The molecule has 2 aromatic rings. The predicted octanol–water partition coefficient (Wildman–Crippen LogP) is 1.24. The van der Waals surface area contributed by atoms with Crippen molar-refractivity contribution in [3.63, 3.8) is 0 Å². The fourth-order valence-electron chi connectivity index (χ4n) is 4.72. The number of carbonyl (C=O) groups is 3. The van der Waals surface area contributed by atoms with Gasteiger partial charge in [0.25, 0.3) is 0 Å². The first-order valence-electron chi connectivity index (χ1n) is 12.3. The number of rotatable bonds is 13. The van der Waals surface area contributed by atoms with Gasteiger partial charge in [0.2, 0.25) is 11.8 Å². The van der Waals surface area contributed by atoms with Crippen LogP contribution in [-0.2, 0) is 20.9 Å². The zero-order chi connectivity index (χ0) is 26.1. The Hall–Kier alpha value is -2.66. The molecule has 6 N–H and O–H groups in total. The molecule has 1 aliphatic heterocycles. The topological polar surface area (TPSA) is 142 Å². The van der Waals surface area contributed by atoms with E-state index in [-0.39, 0.29) is 30.9 Å². The van der Waals surface area contributed by atoms with Crippen molar-refractivity contribution < 1.29 is 19.5 Å². The van der Waals surface area contributed by atoms with Gasteiger partial charge in [0, 0.05) is 32.2 Å². The van der Waals surface area contributed by atoms with Gasteiger partial charge in [-0.05, 0) is 47.6 Å². The summed E-state index contributed by atoms with van der Waals surface area (Å²) in [4.78, 5) is 41.2. The predicted molar refractivity (Wildman–Crippen MR) is 144 cm³/mol. The molecule has 0 saturated carbocycles. The Bertz CT molecular complexity index is 1050. The number of nitrogens with two attached hydrogens (primary N) is 2. The third-order valence-electron chi connectivity index (χ3n) is 6.59. The summed E-state index contributed by atoms with van der Waals surface area (Å²) in [5, 5.41) is 14.4. The molecule has 2 amide bonds. The van der Waals surface area contributed by atoms with E-state index < -0.39 is 18.1 Å². The molecule has 1 fully saturated rings. The van der Waals surface area contributed by atoms with E-state index in [1.807, 2.05) is 47.6 Å². The maximum absolute atomic E-state index is 13.0. The van der Waals surface area contributed by atoms with Gasteiger partial charge in [-0.3, -0.25) is 14.5 Å². The number of thioether (sulfide) groups is 1. The molecule has 9 nitrogen and oxygen atoms in total. The Kier molecular flexibility index (Phi) is 10.5. The van der Waals surface area contributed by atoms with Crippen LogP contribution in [0.25, 0.3) is 10.8 Å². The van der Waals surface area contributed by atoms with Crippen molar-refractivity contribution in [3.8, 4) is 0 Å². The van der Waals surface area contributed by atoms with Gasteiger partial charge in [-0.1, -0.05) is 42.5 Å². The fraction of sp³-hybridized carbons (Fsp3) is 0.500. The van der Waals surface area contributed by atoms with E-state index in [9.17, 15) is 19.5 Å². The molecule has 0 unspecified atom stereocenters. The molecule has 2 aromatic carbocycles. The second kappa shape index (κ2) is 13.6. The number of amides is 2. The number of hydrogen-bond donors (Lipinski definition) is 4. The summed E-state index contributed by atoms with van der Waals surface area (Å²) in [6.07, 6.45) is 3.92. The third kappa shape index (κ3) is 7.42. The first-order chi connectivity index (χ1) is 17.3. The molecule has 0 aromatic heterocycles. The molecule has 0 spiro atoms. The summed E-state index contributed by atoms with van der Waals surface area (Å²) in [5.74, 6) is -0.922. The van der Waals surface area contributed by atoms with Crippen molar-refractivity contribution in [1.82, 2.24) is 15.1 Å². The van der Waals surface area contributed by atoms with Crippen molar-refractivity contribution >= 4 is 40.3 Å². The van der Waals surface area contributed by atoms with Crippen LogP contribution in [-0.4, -0.2) is 89.0 Å². The van der Waals surface area contributed by atoms with Gasteiger partial charge in [0.15, 0.2) is 0 Å². The maximum atomic E-state index is 13.0. The molecular formula is C26H37N5O4S. The molecule has 0 bridgehead atoms. The summed E-state index contributed by atoms with van der Waals surface area (Å²) in [5.41, 5.74) is 12.6. The van der Waals surface area contributed by atoms with Crippen LogP contribution in [0.3, 0.4) is 0 Å². The van der Waals surface area contributed by atoms with Crippen LogP contribution in [0.2, 0.25) is 0 Å². The lowest BCUT2D eigenvalue weighted by atomic mass is 10.0. The zero-order valence-corrected chi connectivity index (χ0v) is 21.6. The Labute approximate surface area is 216 Å². The number of carboxylic acids is 1. The van der Waals surface area contributed by atoms with Gasteiger partial charge >= 0.3 is 5.97 Å². The number of carbonyl (C=O) groups excluding carboxylic acids is 2. The Morgan fingerprint density at radius 1 is 1.22 bits per heavy atom. The SMILES string of the molecule is CSCC[C@H](NC(=O)CN(Cc1cccc2ccccc12)C[C@@H]1CCCN1C(=O)[C@@H](N)CN)C(=O)O. The number of hydrogen-bond acceptors (Lipinski definition) is 7. The van der Waals surface area contributed by atoms with Gasteiger partial charge < -0.3 is 26.8 Å². The van der Waals surface area contributed by atoms with Crippen molar-refractivity contribution in [2.24, 2.45) is 11.5 Å². The van der Waals surface area contributed by atoms with Crippen LogP contribution >= 0.6 is 11.8 Å². The van der Waals surface area contributed by atoms with Gasteiger partial charge in [0.1, 0.15) is 6.04 Å². The number of aliphatic carboxylic acids is 1. The van der Waals surface area contributed by atoms with Gasteiger partial charge in [0.05, 0.1) is 12.6 Å². The smallest absolute Gasteiger partial charge is 0.326 e. The highest BCUT2D eigenvalue weighted by Gasteiger charge is 2.33. The Morgan fingerprint density at radius 3 is 2.69 bits per heavy atom. The second-order valence-corrected chi connectivity index (χ2v) is 10.2. The summed E-state index contributed by atoms with van der Waals surface area (Å²) in [6, 6.07) is 12.4. The highest BCUT2D eigenvalue weighted by molar-refractivity contribution is 7.98. The number of fused-ring (bicyclic) bond motifs is 1. The third-order valence-corrected chi connectivity index (χ3v) is 7.23. The fourth-order valence-corrected chi connectivity index (χ4v) is 5.19. The lowest BCUT2D eigenvalue weighted by Crippen LogP contribution is -2.53. The summed E-state index contributed by atoms with van der Waals surface area (Å²) in [6.45, 7) is 1.67. The lowest BCUT2D eigenvalue weighted by molar-refractivity contribution is -0.142. The van der Waals surface area contributed by atoms with Gasteiger partial charge in [-0.25, -0.2) is 4.79 Å². The number of nitrogens with one attached hydrogen (secondary N) is 1. The molecular weight excluding hydrogens is 478 g/mol. The minimum absolute atomic E-state index is 0.0216. The zero-order valence-electron chi connectivity index (χ0n) is 20.8. The average molecular weight is 516 g/mol. The molecule has 3 rings (SSSR count). The highest BCUT2D eigenvalue weighted by Crippen LogP contribution is 2.23. The molecule has 1 saturated heterocycles. The first kappa shape index (κ1) is 27.9. The summed E-state index contributed by atoms with van der Waals surface area (Å²) in [7, 11) is 0. The quantitative estimate of drug-likeness (QED) is 0.312. The van der Waals surface area contributed by atoms with Crippen LogP contribution in [0.15, 0.2) is 42.5 Å². The van der Waals surface area contributed by atoms with E-state index in [1.165, 1.54) is 11.8 Å². The molecule has 3 atom stereocenters. The van der Waals surface area contributed by atoms with Crippen LogP contribution in [0, 0.1) is 0 Å². The van der Waals surface area contributed by atoms with E-state index in [0.717, 1.165) is 29.2 Å². The minimum Gasteiger partial charge on any atom is -0.480 e. The molecule has 10 heteroatoms. The lowest BCUT2D eigenvalue weighted by Gasteiger charge is -2.32. The highest BCUT2D eigenvalue weighted by atomic mass is 32.2. The van der Waals surface area contributed by atoms with E-state index in [2.05, 4.69) is 11.4 Å². The summed E-state index contributed by atoms with van der Waals surface area (Å²) < 4.78 is 0.